The molecule has 1 aromatic rings. The number of nitrogens with zero attached hydrogens (tertiary/aromatic N) is 1. The molecule has 1 heterocycles. The van der Waals surface area contributed by atoms with Crippen molar-refractivity contribution >= 4 is 23.3 Å². The summed E-state index contributed by atoms with van der Waals surface area (Å²) in [5, 5.41) is 11.9. The van der Waals surface area contributed by atoms with Gasteiger partial charge in [0.15, 0.2) is 0 Å². The molecule has 0 spiro atoms. The van der Waals surface area contributed by atoms with E-state index in [1.807, 2.05) is 23.9 Å². The fourth-order valence-corrected chi connectivity index (χ4v) is 2.45. The second-order valence-corrected chi connectivity index (χ2v) is 6.19. The first kappa shape index (κ1) is 15.3. The van der Waals surface area contributed by atoms with Crippen LogP contribution < -0.4 is 15.8 Å². The van der Waals surface area contributed by atoms with E-state index in [4.69, 9.17) is 15.6 Å². The second-order valence-electron chi connectivity index (χ2n) is 4.96. The zero-order valence-electron chi connectivity index (χ0n) is 11.7. The number of aliphatic hydroxyl groups is 1. The number of ether oxygens (including phenoxy) is 1. The van der Waals surface area contributed by atoms with E-state index in [0.29, 0.717) is 17.5 Å². The SMILES string of the molecule is Nc1ccc(NCCSCCCO)nc1OCC1CC1. The van der Waals surface area contributed by atoms with Gasteiger partial charge < -0.3 is 20.9 Å². The van der Waals surface area contributed by atoms with Crippen molar-refractivity contribution in [2.24, 2.45) is 5.92 Å². The number of aromatic nitrogens is 1. The number of nitrogens with one attached hydrogen (secondary N) is 1. The van der Waals surface area contributed by atoms with Crippen molar-refractivity contribution in [3.05, 3.63) is 12.1 Å². The predicted octanol–water partition coefficient (Wildman–Crippen LogP) is 1.98. The van der Waals surface area contributed by atoms with Crippen LogP contribution in [0.4, 0.5) is 11.5 Å². The summed E-state index contributed by atoms with van der Waals surface area (Å²) >= 11 is 1.82. The smallest absolute Gasteiger partial charge is 0.239 e. The number of rotatable bonds is 10. The molecule has 1 fully saturated rings. The molecule has 0 aliphatic heterocycles. The van der Waals surface area contributed by atoms with E-state index < -0.39 is 0 Å². The van der Waals surface area contributed by atoms with Crippen LogP contribution in [0.25, 0.3) is 0 Å². The standard InChI is InChI=1S/C14H23N3O2S/c15-12-4-5-13(16-6-9-20-8-1-7-18)17-14(12)19-10-11-2-3-11/h4-5,11,18H,1-3,6-10,15H2,(H,16,17). The average Bonchev–Trinajstić information content (AvgIpc) is 3.27. The second kappa shape index (κ2) is 8.21. The number of hydrogen-bond donors (Lipinski definition) is 3. The summed E-state index contributed by atoms with van der Waals surface area (Å²) in [6, 6.07) is 3.70. The lowest BCUT2D eigenvalue weighted by atomic mass is 10.4. The minimum Gasteiger partial charge on any atom is -0.476 e. The quantitative estimate of drug-likeness (QED) is 0.573. The normalized spacial score (nSPS) is 14.2. The Balaban J connectivity index is 1.71. The highest BCUT2D eigenvalue weighted by atomic mass is 32.2. The molecule has 1 aliphatic carbocycles. The van der Waals surface area contributed by atoms with Crippen LogP contribution in [-0.4, -0.2) is 41.4 Å². The molecule has 0 atom stereocenters. The highest BCUT2D eigenvalue weighted by Crippen LogP contribution is 2.30. The number of pyridine rings is 1. The first-order valence-electron chi connectivity index (χ1n) is 7.11. The summed E-state index contributed by atoms with van der Waals surface area (Å²) in [4.78, 5) is 4.40. The Kier molecular flexibility index (Phi) is 6.26. The predicted molar refractivity (Wildman–Crippen MR) is 84.4 cm³/mol. The maximum atomic E-state index is 8.69. The van der Waals surface area contributed by atoms with Gasteiger partial charge in [-0.05, 0) is 43.1 Å². The van der Waals surface area contributed by atoms with Crippen LogP contribution in [0.1, 0.15) is 19.3 Å². The topological polar surface area (TPSA) is 80.4 Å². The van der Waals surface area contributed by atoms with Gasteiger partial charge >= 0.3 is 0 Å². The highest BCUT2D eigenvalue weighted by Gasteiger charge is 2.22. The minimum absolute atomic E-state index is 0.266. The fourth-order valence-electron chi connectivity index (χ4n) is 1.67. The molecule has 0 aromatic carbocycles. The summed E-state index contributed by atoms with van der Waals surface area (Å²) in [6.07, 6.45) is 3.36. The van der Waals surface area contributed by atoms with Gasteiger partial charge in [-0.2, -0.15) is 16.7 Å². The molecule has 4 N–H and O–H groups in total. The molecule has 1 aliphatic rings. The average molecular weight is 297 g/mol. The lowest BCUT2D eigenvalue weighted by Crippen LogP contribution is -2.09. The maximum Gasteiger partial charge on any atom is 0.239 e. The van der Waals surface area contributed by atoms with E-state index in [-0.39, 0.29) is 6.61 Å². The van der Waals surface area contributed by atoms with Gasteiger partial charge in [-0.15, -0.1) is 0 Å². The van der Waals surface area contributed by atoms with E-state index in [2.05, 4.69) is 10.3 Å². The van der Waals surface area contributed by atoms with Crippen molar-refractivity contribution < 1.29 is 9.84 Å². The number of nitrogen functional groups attached to an aromatic ring is 1. The van der Waals surface area contributed by atoms with E-state index >= 15 is 0 Å². The Labute approximate surface area is 124 Å². The Hall–Kier alpha value is -1.14. The Morgan fingerprint density at radius 1 is 1.40 bits per heavy atom. The summed E-state index contributed by atoms with van der Waals surface area (Å²) in [7, 11) is 0. The van der Waals surface area contributed by atoms with Crippen LogP contribution in [0, 0.1) is 5.92 Å². The third-order valence-electron chi connectivity index (χ3n) is 3.04. The molecule has 5 nitrogen and oxygen atoms in total. The van der Waals surface area contributed by atoms with Crippen LogP contribution in [0.5, 0.6) is 5.88 Å². The summed E-state index contributed by atoms with van der Waals surface area (Å²) < 4.78 is 5.65. The Morgan fingerprint density at radius 3 is 3.00 bits per heavy atom. The van der Waals surface area contributed by atoms with E-state index in [0.717, 1.165) is 36.9 Å². The first-order valence-corrected chi connectivity index (χ1v) is 8.27. The highest BCUT2D eigenvalue weighted by molar-refractivity contribution is 7.99. The molecule has 0 amide bonds. The van der Waals surface area contributed by atoms with Gasteiger partial charge in [0.2, 0.25) is 5.88 Å². The molecule has 0 bridgehead atoms. The fraction of sp³-hybridized carbons (Fsp3) is 0.643. The van der Waals surface area contributed by atoms with Gasteiger partial charge in [-0.1, -0.05) is 0 Å². The molecule has 0 radical (unpaired) electrons. The van der Waals surface area contributed by atoms with Crippen molar-refractivity contribution in [2.45, 2.75) is 19.3 Å². The van der Waals surface area contributed by atoms with Crippen molar-refractivity contribution in [3.63, 3.8) is 0 Å². The molecule has 112 valence electrons. The van der Waals surface area contributed by atoms with Gasteiger partial charge in [0.1, 0.15) is 5.82 Å². The molecule has 20 heavy (non-hydrogen) atoms. The molecular formula is C14H23N3O2S. The van der Waals surface area contributed by atoms with E-state index in [1.54, 1.807) is 0 Å². The summed E-state index contributed by atoms with van der Waals surface area (Å²) in [5.41, 5.74) is 6.45. The van der Waals surface area contributed by atoms with Crippen molar-refractivity contribution in [1.29, 1.82) is 0 Å². The number of nitrogens with two attached hydrogens (primary N) is 1. The molecule has 6 heteroatoms. The number of aliphatic hydroxyl groups excluding tert-OH is 1. The molecule has 0 unspecified atom stereocenters. The van der Waals surface area contributed by atoms with Gasteiger partial charge in [0.05, 0.1) is 12.3 Å². The third-order valence-corrected chi connectivity index (χ3v) is 4.11. The Bertz CT molecular complexity index is 413. The summed E-state index contributed by atoms with van der Waals surface area (Å²) in [5.74, 6) is 4.01. The lowest BCUT2D eigenvalue weighted by Gasteiger charge is -2.10. The number of hydrogen-bond acceptors (Lipinski definition) is 6. The van der Waals surface area contributed by atoms with Crippen molar-refractivity contribution in [1.82, 2.24) is 4.98 Å². The minimum atomic E-state index is 0.266. The largest absolute Gasteiger partial charge is 0.476 e. The zero-order valence-corrected chi connectivity index (χ0v) is 12.5. The maximum absolute atomic E-state index is 8.69. The van der Waals surface area contributed by atoms with Crippen molar-refractivity contribution in [3.8, 4) is 5.88 Å². The third kappa shape index (κ3) is 5.46. The van der Waals surface area contributed by atoms with Crippen LogP contribution in [0.2, 0.25) is 0 Å². The van der Waals surface area contributed by atoms with E-state index in [9.17, 15) is 0 Å². The summed E-state index contributed by atoms with van der Waals surface area (Å²) in [6.45, 7) is 1.83. The molecule has 0 saturated heterocycles. The molecule has 1 saturated carbocycles. The number of thioether (sulfide) groups is 1. The van der Waals surface area contributed by atoms with E-state index in [1.165, 1.54) is 12.8 Å². The lowest BCUT2D eigenvalue weighted by molar-refractivity contribution is 0.290. The molecule has 2 rings (SSSR count). The first-order chi connectivity index (χ1) is 9.79. The van der Waals surface area contributed by atoms with Gasteiger partial charge in [-0.3, -0.25) is 0 Å². The Morgan fingerprint density at radius 2 is 2.25 bits per heavy atom. The molecular weight excluding hydrogens is 274 g/mol. The van der Waals surface area contributed by atoms with Crippen LogP contribution in [-0.2, 0) is 0 Å². The van der Waals surface area contributed by atoms with Gasteiger partial charge in [0, 0.05) is 18.9 Å². The van der Waals surface area contributed by atoms with Crippen LogP contribution >= 0.6 is 11.8 Å². The monoisotopic (exact) mass is 297 g/mol. The van der Waals surface area contributed by atoms with Crippen LogP contribution in [0.3, 0.4) is 0 Å². The van der Waals surface area contributed by atoms with Gasteiger partial charge in [-0.25, -0.2) is 0 Å². The zero-order chi connectivity index (χ0) is 14.2. The van der Waals surface area contributed by atoms with Gasteiger partial charge in [0.25, 0.3) is 0 Å². The molecule has 1 aromatic heterocycles. The van der Waals surface area contributed by atoms with Crippen molar-refractivity contribution in [2.75, 3.05) is 42.3 Å². The number of anilines is 2. The van der Waals surface area contributed by atoms with Crippen LogP contribution in [0.15, 0.2) is 12.1 Å².